The number of sulfonamides is 1. The number of rotatable bonds is 8. The number of carbonyl (C=O) groups is 1. The quantitative estimate of drug-likeness (QED) is 0.433. The second kappa shape index (κ2) is 10.4. The number of nitrogens with zero attached hydrogens (tertiary/aromatic N) is 6. The molecule has 0 aromatic carbocycles. The number of alkyl halides is 2. The topological polar surface area (TPSA) is 154 Å². The van der Waals surface area contributed by atoms with Crippen LogP contribution in [0.4, 0.5) is 32.2 Å². The van der Waals surface area contributed by atoms with Crippen LogP contribution >= 0.6 is 0 Å². The molecule has 0 atom stereocenters. The molecule has 3 N–H and O–H groups in total. The van der Waals surface area contributed by atoms with Gasteiger partial charge in [0.2, 0.25) is 16.0 Å². The van der Waals surface area contributed by atoms with Crippen molar-refractivity contribution in [1.29, 1.82) is 0 Å². The fourth-order valence-corrected chi connectivity index (χ4v) is 5.74. The average molecular weight is 567 g/mol. The molecule has 15 heteroatoms. The number of piperidine rings is 2. The number of aromatic nitrogens is 4. The fourth-order valence-electron chi connectivity index (χ4n) is 4.98. The number of amides is 1. The van der Waals surface area contributed by atoms with Crippen LogP contribution in [0.1, 0.15) is 54.7 Å². The number of hydrogen-bond donors (Lipinski definition) is 3. The molecule has 1 spiro atoms. The molecule has 0 bridgehead atoms. The van der Waals surface area contributed by atoms with Gasteiger partial charge in [-0.1, -0.05) is 0 Å². The van der Waals surface area contributed by atoms with Crippen LogP contribution in [-0.4, -0.2) is 83.8 Å². The predicted octanol–water partition coefficient (Wildman–Crippen LogP) is 2.18. The van der Waals surface area contributed by atoms with Crippen LogP contribution in [0.3, 0.4) is 0 Å². The Labute approximate surface area is 225 Å². The number of halogens is 2. The Morgan fingerprint density at radius 3 is 2.31 bits per heavy atom. The average Bonchev–Trinajstić information content (AvgIpc) is 3.62. The Balaban J connectivity index is 1.39. The first-order valence-corrected chi connectivity index (χ1v) is 14.6. The number of aliphatic hydroxyl groups excluding tert-OH is 1. The molecular formula is C24H32F2N8O4S. The number of nitrogens with one attached hydrogen (secondary N) is 2. The maximum Gasteiger partial charge on any atom is 0.279 e. The summed E-state index contributed by atoms with van der Waals surface area (Å²) in [7, 11) is -3.84. The summed E-state index contributed by atoms with van der Waals surface area (Å²) in [6, 6.07) is 1.57. The van der Waals surface area contributed by atoms with Gasteiger partial charge in [-0.05, 0) is 38.0 Å². The lowest BCUT2D eigenvalue weighted by Gasteiger charge is -2.33. The van der Waals surface area contributed by atoms with Crippen molar-refractivity contribution in [2.24, 2.45) is 5.41 Å². The minimum absolute atomic E-state index is 0.00211. The Morgan fingerprint density at radius 1 is 1.00 bits per heavy atom. The molecule has 5 rings (SSSR count). The molecule has 0 radical (unpaired) electrons. The fraction of sp³-hybridized carbons (Fsp3) is 0.625. The number of anilines is 4. The summed E-state index contributed by atoms with van der Waals surface area (Å²) in [5.41, 5.74) is 0.917. The van der Waals surface area contributed by atoms with Crippen molar-refractivity contribution in [1.82, 2.24) is 19.9 Å². The smallest absolute Gasteiger partial charge is 0.279 e. The minimum Gasteiger partial charge on any atom is -0.395 e. The molecule has 2 aromatic heterocycles. The molecule has 3 fully saturated rings. The summed E-state index contributed by atoms with van der Waals surface area (Å²) in [5, 5.41) is 11.8. The monoisotopic (exact) mass is 566 g/mol. The van der Waals surface area contributed by atoms with Gasteiger partial charge in [0.05, 0.1) is 18.6 Å². The van der Waals surface area contributed by atoms with Crippen LogP contribution in [0.5, 0.6) is 0 Å². The van der Waals surface area contributed by atoms with E-state index in [1.54, 1.807) is 17.9 Å². The Kier molecular flexibility index (Phi) is 7.31. The largest absolute Gasteiger partial charge is 0.395 e. The highest BCUT2D eigenvalue weighted by molar-refractivity contribution is 7.92. The summed E-state index contributed by atoms with van der Waals surface area (Å²) in [6.45, 7) is 2.67. The zero-order chi connectivity index (χ0) is 27.8. The maximum absolute atomic E-state index is 13.6. The van der Waals surface area contributed by atoms with Crippen molar-refractivity contribution >= 4 is 39.3 Å². The minimum atomic E-state index is -3.84. The van der Waals surface area contributed by atoms with Crippen molar-refractivity contribution in [2.75, 3.05) is 58.4 Å². The summed E-state index contributed by atoms with van der Waals surface area (Å²) < 4.78 is 53.9. The van der Waals surface area contributed by atoms with Crippen molar-refractivity contribution < 1.29 is 27.1 Å². The van der Waals surface area contributed by atoms with E-state index in [1.807, 2.05) is 4.90 Å². The van der Waals surface area contributed by atoms with Gasteiger partial charge in [-0.2, -0.15) is 4.98 Å². The van der Waals surface area contributed by atoms with E-state index < -0.39 is 34.2 Å². The van der Waals surface area contributed by atoms with Crippen molar-refractivity contribution in [3.05, 3.63) is 23.7 Å². The molecule has 1 aliphatic carbocycles. The number of hydrogen-bond acceptors (Lipinski definition) is 10. The highest BCUT2D eigenvalue weighted by Crippen LogP contribution is 2.54. The molecule has 3 aliphatic rings. The van der Waals surface area contributed by atoms with Crippen LogP contribution in [0.15, 0.2) is 12.3 Å². The van der Waals surface area contributed by atoms with E-state index in [4.69, 9.17) is 5.11 Å². The zero-order valence-electron chi connectivity index (χ0n) is 21.7. The molecule has 12 nitrogen and oxygen atoms in total. The summed E-state index contributed by atoms with van der Waals surface area (Å²) in [5.74, 6) is -3.16. The van der Waals surface area contributed by atoms with Gasteiger partial charge in [0.15, 0.2) is 17.3 Å². The second-order valence-corrected chi connectivity index (χ2v) is 12.4. The number of aliphatic hydroxyl groups is 1. The van der Waals surface area contributed by atoms with E-state index in [0.717, 1.165) is 19.0 Å². The third kappa shape index (κ3) is 6.52. The summed E-state index contributed by atoms with van der Waals surface area (Å²) in [6.07, 6.45) is 4.83. The molecule has 1 saturated carbocycles. The van der Waals surface area contributed by atoms with E-state index >= 15 is 0 Å². The number of carbonyl (C=O) groups excluding carboxylic acids is 1. The van der Waals surface area contributed by atoms with E-state index in [-0.39, 0.29) is 55.0 Å². The third-order valence-electron chi connectivity index (χ3n) is 7.53. The molecule has 39 heavy (non-hydrogen) atoms. The van der Waals surface area contributed by atoms with Gasteiger partial charge in [-0.15, -0.1) is 0 Å². The highest BCUT2D eigenvalue weighted by atomic mass is 32.2. The van der Waals surface area contributed by atoms with Gasteiger partial charge in [-0.3, -0.25) is 9.52 Å². The zero-order valence-corrected chi connectivity index (χ0v) is 22.5. The first kappa shape index (κ1) is 27.4. The van der Waals surface area contributed by atoms with Gasteiger partial charge < -0.3 is 20.2 Å². The molecule has 2 aromatic rings. The van der Waals surface area contributed by atoms with E-state index in [9.17, 15) is 22.0 Å². The second-order valence-electron chi connectivity index (χ2n) is 10.6. The summed E-state index contributed by atoms with van der Waals surface area (Å²) >= 11 is 0. The summed E-state index contributed by atoms with van der Waals surface area (Å²) in [4.78, 5) is 34.4. The SMILES string of the molecule is Cc1cc(NC(=O)c2ncc(NS(=O)(=O)CCO)nc2N2CCC3(CC2)CC3)nc(N2CCC(F)(F)CC2)n1. The number of aryl methyl sites for hydroxylation is 1. The Hall–Kier alpha value is -3.20. The van der Waals surface area contributed by atoms with Crippen molar-refractivity contribution in [3.63, 3.8) is 0 Å². The van der Waals surface area contributed by atoms with E-state index in [2.05, 4.69) is 30.0 Å². The molecule has 0 unspecified atom stereocenters. The molecule has 212 valence electrons. The molecule has 4 heterocycles. The Bertz CT molecular complexity index is 1340. The Morgan fingerprint density at radius 2 is 1.67 bits per heavy atom. The van der Waals surface area contributed by atoms with Gasteiger partial charge >= 0.3 is 0 Å². The highest BCUT2D eigenvalue weighted by Gasteiger charge is 2.45. The van der Waals surface area contributed by atoms with Crippen LogP contribution in [0.25, 0.3) is 0 Å². The van der Waals surface area contributed by atoms with Gasteiger partial charge in [0.1, 0.15) is 5.82 Å². The van der Waals surface area contributed by atoms with E-state index in [0.29, 0.717) is 24.2 Å². The first-order valence-electron chi connectivity index (χ1n) is 13.0. The van der Waals surface area contributed by atoms with E-state index in [1.165, 1.54) is 12.8 Å². The lowest BCUT2D eigenvalue weighted by molar-refractivity contribution is -0.0222. The molecule has 1 amide bonds. The third-order valence-corrected chi connectivity index (χ3v) is 8.77. The predicted molar refractivity (Wildman–Crippen MR) is 141 cm³/mol. The molecule has 2 aliphatic heterocycles. The van der Waals surface area contributed by atoms with Crippen molar-refractivity contribution in [3.8, 4) is 0 Å². The van der Waals surface area contributed by atoms with Crippen molar-refractivity contribution in [2.45, 2.75) is 51.4 Å². The van der Waals surface area contributed by atoms with Gasteiger partial charge in [0.25, 0.3) is 11.8 Å². The lowest BCUT2D eigenvalue weighted by atomic mass is 9.93. The van der Waals surface area contributed by atoms with Gasteiger partial charge in [-0.25, -0.2) is 32.2 Å². The van der Waals surface area contributed by atoms with Crippen LogP contribution in [0.2, 0.25) is 0 Å². The maximum atomic E-state index is 13.6. The van der Waals surface area contributed by atoms with Gasteiger partial charge in [0, 0.05) is 50.8 Å². The molecule has 2 saturated heterocycles. The molecular weight excluding hydrogens is 534 g/mol. The van der Waals surface area contributed by atoms with Crippen LogP contribution in [0, 0.1) is 12.3 Å². The van der Waals surface area contributed by atoms with Crippen LogP contribution < -0.4 is 19.8 Å². The standard InChI is InChI=1S/C24H32F2N8O4S/c1-16-14-17(31-22(28-16)34-10-6-24(25,26)7-11-34)30-21(36)19-20(33-8-4-23(2-3-23)5-9-33)29-18(15-27-19)32-39(37,38)13-12-35/h14-15,35H,2-13H2,1H3,(H,29,32)(H,28,30,31,36). The normalized spacial score (nSPS) is 20.1. The van der Waals surface area contributed by atoms with Crippen LogP contribution in [-0.2, 0) is 10.0 Å². The lowest BCUT2D eigenvalue weighted by Crippen LogP contribution is -2.40. The first-order chi connectivity index (χ1) is 18.5.